The van der Waals surface area contributed by atoms with Gasteiger partial charge in [0.15, 0.2) is 0 Å². The quantitative estimate of drug-likeness (QED) is 0.659. The molecular weight excluding hydrogens is 194 g/mol. The summed E-state index contributed by atoms with van der Waals surface area (Å²) in [5.41, 5.74) is 0. The van der Waals surface area contributed by atoms with Gasteiger partial charge in [0, 0.05) is 40.2 Å². The zero-order chi connectivity index (χ0) is 11.3. The van der Waals surface area contributed by atoms with Crippen molar-refractivity contribution in [2.24, 2.45) is 0 Å². The molecule has 0 aliphatic carbocycles. The first-order chi connectivity index (χ1) is 7.13. The first-order valence-corrected chi connectivity index (χ1v) is 5.32. The minimum atomic E-state index is 0.0336. The summed E-state index contributed by atoms with van der Waals surface area (Å²) < 4.78 is 0. The highest BCUT2D eigenvalue weighted by Crippen LogP contribution is 2.02. The zero-order valence-corrected chi connectivity index (χ0v) is 9.45. The van der Waals surface area contributed by atoms with Crippen molar-refractivity contribution in [1.82, 2.24) is 15.1 Å². The fraction of sp³-hybridized carbons (Fsp3) is 0.800. The highest BCUT2D eigenvalue weighted by atomic mass is 16.2. The van der Waals surface area contributed by atoms with Gasteiger partial charge < -0.3 is 10.2 Å². The Hall–Kier alpha value is -1.10. The summed E-state index contributed by atoms with van der Waals surface area (Å²) in [5.74, 6) is 0.156. The fourth-order valence-electron chi connectivity index (χ4n) is 1.73. The van der Waals surface area contributed by atoms with Gasteiger partial charge in [-0.2, -0.15) is 0 Å². The number of carbonyl (C=O) groups excluding carboxylic acids is 2. The second-order valence-corrected chi connectivity index (χ2v) is 3.81. The van der Waals surface area contributed by atoms with Gasteiger partial charge in [-0.25, -0.2) is 0 Å². The third-order valence-corrected chi connectivity index (χ3v) is 2.68. The van der Waals surface area contributed by atoms with Gasteiger partial charge >= 0.3 is 0 Å². The third-order valence-electron chi connectivity index (χ3n) is 2.68. The van der Waals surface area contributed by atoms with Crippen LogP contribution in [-0.2, 0) is 9.59 Å². The Labute approximate surface area is 90.4 Å². The molecule has 1 heterocycles. The van der Waals surface area contributed by atoms with Gasteiger partial charge in [0.1, 0.15) is 0 Å². The Kier molecular flexibility index (Phi) is 4.55. The van der Waals surface area contributed by atoms with E-state index in [2.05, 4.69) is 10.2 Å². The number of rotatable bonds is 2. The zero-order valence-electron chi connectivity index (χ0n) is 9.45. The standard InChI is InChI=1S/C10H19N3O2/c1-9(14)13-5-3-4-12(6-7-13)8-10(15)11-2/h3-8H2,1-2H3,(H,11,15). The van der Waals surface area contributed by atoms with Crippen LogP contribution in [-0.4, -0.2) is 61.4 Å². The Bertz CT molecular complexity index is 243. The van der Waals surface area contributed by atoms with Crippen LogP contribution in [0.1, 0.15) is 13.3 Å². The Morgan fingerprint density at radius 2 is 1.93 bits per heavy atom. The number of likely N-dealkylation sites (N-methyl/N-ethyl adjacent to an activating group) is 1. The van der Waals surface area contributed by atoms with Crippen molar-refractivity contribution in [3.63, 3.8) is 0 Å². The van der Waals surface area contributed by atoms with Crippen LogP contribution in [0.2, 0.25) is 0 Å². The molecule has 0 aromatic carbocycles. The van der Waals surface area contributed by atoms with Crippen molar-refractivity contribution in [3.8, 4) is 0 Å². The predicted octanol–water partition coefficient (Wildman–Crippen LogP) is -0.713. The number of hydrogen-bond donors (Lipinski definition) is 1. The molecule has 0 aromatic rings. The topological polar surface area (TPSA) is 52.7 Å². The molecule has 1 aliphatic heterocycles. The summed E-state index contributed by atoms with van der Waals surface area (Å²) in [4.78, 5) is 26.3. The van der Waals surface area contributed by atoms with E-state index in [9.17, 15) is 9.59 Å². The molecule has 1 rings (SSSR count). The van der Waals surface area contributed by atoms with E-state index < -0.39 is 0 Å². The Morgan fingerprint density at radius 1 is 1.20 bits per heavy atom. The van der Waals surface area contributed by atoms with Crippen LogP contribution in [0.4, 0.5) is 0 Å². The van der Waals surface area contributed by atoms with E-state index in [1.807, 2.05) is 4.90 Å². The molecule has 0 spiro atoms. The van der Waals surface area contributed by atoms with Crippen molar-refractivity contribution >= 4 is 11.8 Å². The highest BCUT2D eigenvalue weighted by Gasteiger charge is 2.17. The van der Waals surface area contributed by atoms with E-state index >= 15 is 0 Å². The molecule has 15 heavy (non-hydrogen) atoms. The van der Waals surface area contributed by atoms with Crippen molar-refractivity contribution in [2.75, 3.05) is 39.8 Å². The van der Waals surface area contributed by atoms with Crippen LogP contribution in [0, 0.1) is 0 Å². The number of hydrogen-bond acceptors (Lipinski definition) is 3. The number of nitrogens with one attached hydrogen (secondary N) is 1. The molecule has 0 unspecified atom stereocenters. The summed E-state index contributed by atoms with van der Waals surface area (Å²) in [6.45, 7) is 5.23. The lowest BCUT2D eigenvalue weighted by molar-refractivity contribution is -0.128. The lowest BCUT2D eigenvalue weighted by Crippen LogP contribution is -2.38. The predicted molar refractivity (Wildman–Crippen MR) is 57.4 cm³/mol. The summed E-state index contributed by atoms with van der Waals surface area (Å²) in [5, 5.41) is 2.61. The average molecular weight is 213 g/mol. The van der Waals surface area contributed by atoms with Gasteiger partial charge in [0.2, 0.25) is 11.8 Å². The number of nitrogens with zero attached hydrogens (tertiary/aromatic N) is 2. The first kappa shape index (κ1) is 12.0. The van der Waals surface area contributed by atoms with Crippen LogP contribution in [0.3, 0.4) is 0 Å². The molecule has 0 radical (unpaired) electrons. The second kappa shape index (κ2) is 5.70. The van der Waals surface area contributed by atoms with Gasteiger partial charge in [-0.3, -0.25) is 14.5 Å². The number of carbonyl (C=O) groups is 2. The molecule has 0 saturated carbocycles. The van der Waals surface area contributed by atoms with E-state index in [0.717, 1.165) is 32.6 Å². The van der Waals surface area contributed by atoms with E-state index in [0.29, 0.717) is 6.54 Å². The van der Waals surface area contributed by atoms with Crippen LogP contribution >= 0.6 is 0 Å². The van der Waals surface area contributed by atoms with E-state index in [-0.39, 0.29) is 11.8 Å². The van der Waals surface area contributed by atoms with Crippen molar-refractivity contribution in [3.05, 3.63) is 0 Å². The van der Waals surface area contributed by atoms with E-state index in [1.165, 1.54) is 0 Å². The highest BCUT2D eigenvalue weighted by molar-refractivity contribution is 5.77. The molecule has 2 amide bonds. The first-order valence-electron chi connectivity index (χ1n) is 5.32. The maximum Gasteiger partial charge on any atom is 0.233 e. The van der Waals surface area contributed by atoms with Crippen LogP contribution in [0.15, 0.2) is 0 Å². The summed E-state index contributed by atoms with van der Waals surface area (Å²) >= 11 is 0. The van der Waals surface area contributed by atoms with Gasteiger partial charge in [-0.15, -0.1) is 0 Å². The smallest absolute Gasteiger partial charge is 0.233 e. The normalized spacial score (nSPS) is 18.4. The molecule has 86 valence electrons. The van der Waals surface area contributed by atoms with Crippen LogP contribution in [0.25, 0.3) is 0 Å². The molecule has 1 saturated heterocycles. The molecule has 0 aromatic heterocycles. The maximum absolute atomic E-state index is 11.2. The molecule has 5 nitrogen and oxygen atoms in total. The Balaban J connectivity index is 2.39. The largest absolute Gasteiger partial charge is 0.358 e. The molecule has 1 N–H and O–H groups in total. The Morgan fingerprint density at radius 3 is 2.53 bits per heavy atom. The average Bonchev–Trinajstić information content (AvgIpc) is 2.43. The fourth-order valence-corrected chi connectivity index (χ4v) is 1.73. The molecule has 1 aliphatic rings. The monoisotopic (exact) mass is 213 g/mol. The minimum absolute atomic E-state index is 0.0336. The minimum Gasteiger partial charge on any atom is -0.358 e. The third kappa shape index (κ3) is 3.87. The van der Waals surface area contributed by atoms with Crippen molar-refractivity contribution < 1.29 is 9.59 Å². The summed E-state index contributed by atoms with van der Waals surface area (Å²) in [7, 11) is 1.64. The molecular formula is C10H19N3O2. The molecule has 0 bridgehead atoms. The molecule has 0 atom stereocenters. The maximum atomic E-state index is 11.2. The van der Waals surface area contributed by atoms with E-state index in [1.54, 1.807) is 14.0 Å². The number of amides is 2. The molecule has 1 fully saturated rings. The second-order valence-electron chi connectivity index (χ2n) is 3.81. The summed E-state index contributed by atoms with van der Waals surface area (Å²) in [6, 6.07) is 0. The van der Waals surface area contributed by atoms with Gasteiger partial charge in [0.05, 0.1) is 6.54 Å². The molecule has 5 heteroatoms. The van der Waals surface area contributed by atoms with Crippen molar-refractivity contribution in [2.45, 2.75) is 13.3 Å². The lowest BCUT2D eigenvalue weighted by Gasteiger charge is -2.20. The van der Waals surface area contributed by atoms with Crippen LogP contribution < -0.4 is 5.32 Å². The van der Waals surface area contributed by atoms with E-state index in [4.69, 9.17) is 0 Å². The van der Waals surface area contributed by atoms with Gasteiger partial charge in [0.25, 0.3) is 0 Å². The SMILES string of the molecule is CNC(=O)CN1CCCN(C(C)=O)CC1. The summed E-state index contributed by atoms with van der Waals surface area (Å²) in [6.07, 6.45) is 0.941. The van der Waals surface area contributed by atoms with Crippen LogP contribution in [0.5, 0.6) is 0 Å². The van der Waals surface area contributed by atoms with Gasteiger partial charge in [-0.05, 0) is 6.42 Å². The van der Waals surface area contributed by atoms with Crippen molar-refractivity contribution in [1.29, 1.82) is 0 Å². The van der Waals surface area contributed by atoms with Gasteiger partial charge in [-0.1, -0.05) is 0 Å². The lowest BCUT2D eigenvalue weighted by atomic mass is 10.3.